The third-order valence-electron chi connectivity index (χ3n) is 2.92. The van der Waals surface area contributed by atoms with Gasteiger partial charge in [-0.15, -0.1) is 0 Å². The summed E-state index contributed by atoms with van der Waals surface area (Å²) in [6.07, 6.45) is 0.821. The molecule has 0 saturated carbocycles. The van der Waals surface area contributed by atoms with Crippen molar-refractivity contribution in [1.29, 1.82) is 0 Å². The summed E-state index contributed by atoms with van der Waals surface area (Å²) >= 11 is 0. The summed E-state index contributed by atoms with van der Waals surface area (Å²) in [6.45, 7) is 10.8. The summed E-state index contributed by atoms with van der Waals surface area (Å²) in [5.41, 5.74) is 0. The van der Waals surface area contributed by atoms with Crippen LogP contribution in [0.3, 0.4) is 0 Å². The minimum atomic E-state index is -2.75. The van der Waals surface area contributed by atoms with Gasteiger partial charge in [0.1, 0.15) is 0 Å². The van der Waals surface area contributed by atoms with E-state index in [4.69, 9.17) is 0 Å². The van der Waals surface area contributed by atoms with Crippen LogP contribution in [0.4, 0.5) is 0 Å². The molecule has 96 valence electrons. The van der Waals surface area contributed by atoms with Crippen molar-refractivity contribution in [3.63, 3.8) is 0 Å². The van der Waals surface area contributed by atoms with Crippen molar-refractivity contribution in [2.24, 2.45) is 11.8 Å². The van der Waals surface area contributed by atoms with Gasteiger partial charge >= 0.3 is 0 Å². The van der Waals surface area contributed by atoms with Crippen LogP contribution >= 0.6 is 0 Å². The SMILES string of the molecule is CC(C)CN(CC(C)C)C1CCS(=O)(=O)C1. The highest BCUT2D eigenvalue weighted by atomic mass is 32.2. The lowest BCUT2D eigenvalue weighted by molar-refractivity contribution is 0.169. The Morgan fingerprint density at radius 2 is 1.62 bits per heavy atom. The number of nitrogens with zero attached hydrogens (tertiary/aromatic N) is 1. The smallest absolute Gasteiger partial charge is 0.151 e. The van der Waals surface area contributed by atoms with Crippen LogP contribution < -0.4 is 0 Å². The lowest BCUT2D eigenvalue weighted by Gasteiger charge is -2.31. The molecule has 1 unspecified atom stereocenters. The Balaban J connectivity index is 2.62. The molecule has 4 heteroatoms. The molecule has 0 radical (unpaired) electrons. The number of hydrogen-bond donors (Lipinski definition) is 0. The molecule has 1 aliphatic rings. The van der Waals surface area contributed by atoms with E-state index in [-0.39, 0.29) is 6.04 Å². The van der Waals surface area contributed by atoms with Crippen LogP contribution in [0, 0.1) is 11.8 Å². The molecule has 1 heterocycles. The summed E-state index contributed by atoms with van der Waals surface area (Å²) in [7, 11) is -2.75. The van der Waals surface area contributed by atoms with Crippen LogP contribution in [0.15, 0.2) is 0 Å². The molecule has 1 fully saturated rings. The number of rotatable bonds is 5. The number of sulfone groups is 1. The molecule has 0 spiro atoms. The molecule has 1 atom stereocenters. The molecule has 16 heavy (non-hydrogen) atoms. The minimum Gasteiger partial charge on any atom is -0.299 e. The molecule has 3 nitrogen and oxygen atoms in total. The van der Waals surface area contributed by atoms with Gasteiger partial charge in [-0.05, 0) is 18.3 Å². The lowest BCUT2D eigenvalue weighted by atomic mass is 10.1. The summed E-state index contributed by atoms with van der Waals surface area (Å²) in [4.78, 5) is 2.37. The summed E-state index contributed by atoms with van der Waals surface area (Å²) < 4.78 is 23.0. The van der Waals surface area contributed by atoms with Crippen LogP contribution in [0.5, 0.6) is 0 Å². The third-order valence-corrected chi connectivity index (χ3v) is 4.67. The van der Waals surface area contributed by atoms with Crippen LogP contribution in [0.25, 0.3) is 0 Å². The van der Waals surface area contributed by atoms with E-state index in [0.717, 1.165) is 19.5 Å². The maximum atomic E-state index is 11.5. The zero-order valence-corrected chi connectivity index (χ0v) is 11.8. The van der Waals surface area contributed by atoms with E-state index < -0.39 is 9.84 Å². The van der Waals surface area contributed by atoms with E-state index in [1.54, 1.807) is 0 Å². The normalized spacial score (nSPS) is 24.8. The first-order chi connectivity index (χ1) is 7.30. The van der Waals surface area contributed by atoms with E-state index in [9.17, 15) is 8.42 Å². The first kappa shape index (κ1) is 14.0. The largest absolute Gasteiger partial charge is 0.299 e. The Kier molecular flexibility index (Phi) is 4.80. The molecule has 1 aliphatic heterocycles. The molecular weight excluding hydrogens is 222 g/mol. The van der Waals surface area contributed by atoms with Gasteiger partial charge in [0.25, 0.3) is 0 Å². The van der Waals surface area contributed by atoms with Gasteiger partial charge in [-0.1, -0.05) is 27.7 Å². The Morgan fingerprint density at radius 3 is 1.94 bits per heavy atom. The Hall–Kier alpha value is -0.0900. The zero-order chi connectivity index (χ0) is 12.3. The van der Waals surface area contributed by atoms with E-state index in [1.807, 2.05) is 0 Å². The van der Waals surface area contributed by atoms with Gasteiger partial charge in [-0.2, -0.15) is 0 Å². The Morgan fingerprint density at radius 1 is 1.12 bits per heavy atom. The fourth-order valence-electron chi connectivity index (χ4n) is 2.37. The highest BCUT2D eigenvalue weighted by molar-refractivity contribution is 7.91. The van der Waals surface area contributed by atoms with Crippen LogP contribution in [0.2, 0.25) is 0 Å². The topological polar surface area (TPSA) is 37.4 Å². The summed E-state index contributed by atoms with van der Waals surface area (Å²) in [5, 5.41) is 0. The van der Waals surface area contributed by atoms with Gasteiger partial charge in [-0.3, -0.25) is 4.90 Å². The molecule has 0 aromatic carbocycles. The van der Waals surface area contributed by atoms with Crippen LogP contribution in [-0.4, -0.2) is 44.0 Å². The highest BCUT2D eigenvalue weighted by Crippen LogP contribution is 2.20. The molecular formula is C12H25NO2S. The second kappa shape index (κ2) is 5.50. The zero-order valence-electron chi connectivity index (χ0n) is 10.9. The number of hydrogen-bond acceptors (Lipinski definition) is 3. The maximum absolute atomic E-state index is 11.5. The first-order valence-corrected chi connectivity index (χ1v) is 8.07. The first-order valence-electron chi connectivity index (χ1n) is 6.24. The highest BCUT2D eigenvalue weighted by Gasteiger charge is 2.32. The minimum absolute atomic E-state index is 0.259. The van der Waals surface area contributed by atoms with Crippen molar-refractivity contribution in [3.05, 3.63) is 0 Å². The molecule has 0 aliphatic carbocycles. The fraction of sp³-hybridized carbons (Fsp3) is 1.00. The monoisotopic (exact) mass is 247 g/mol. The predicted molar refractivity (Wildman–Crippen MR) is 68.3 cm³/mol. The maximum Gasteiger partial charge on any atom is 0.151 e. The van der Waals surface area contributed by atoms with E-state index >= 15 is 0 Å². The van der Waals surface area contributed by atoms with E-state index in [2.05, 4.69) is 32.6 Å². The fourth-order valence-corrected chi connectivity index (χ4v) is 4.14. The Bertz CT molecular complexity index is 299. The lowest BCUT2D eigenvalue weighted by Crippen LogP contribution is -2.41. The van der Waals surface area contributed by atoms with Crippen molar-refractivity contribution in [2.45, 2.75) is 40.2 Å². The quantitative estimate of drug-likeness (QED) is 0.743. The average Bonchev–Trinajstić information content (AvgIpc) is 2.43. The standard InChI is InChI=1S/C12H25NO2S/c1-10(2)7-13(8-11(3)4)12-5-6-16(14,15)9-12/h10-12H,5-9H2,1-4H3. The molecule has 0 amide bonds. The van der Waals surface area contributed by atoms with Gasteiger partial charge < -0.3 is 0 Å². The van der Waals surface area contributed by atoms with Crippen molar-refractivity contribution in [2.75, 3.05) is 24.6 Å². The molecule has 0 N–H and O–H groups in total. The third kappa shape index (κ3) is 4.42. The van der Waals surface area contributed by atoms with Crippen molar-refractivity contribution in [1.82, 2.24) is 4.90 Å². The summed E-state index contributed by atoms with van der Waals surface area (Å²) in [6, 6.07) is 0.259. The molecule has 1 rings (SSSR count). The summed E-state index contributed by atoms with van der Waals surface area (Å²) in [5.74, 6) is 1.95. The van der Waals surface area contributed by atoms with Crippen molar-refractivity contribution in [3.8, 4) is 0 Å². The van der Waals surface area contributed by atoms with Gasteiger partial charge in [0.15, 0.2) is 9.84 Å². The van der Waals surface area contributed by atoms with Gasteiger partial charge in [0.05, 0.1) is 11.5 Å². The van der Waals surface area contributed by atoms with E-state index in [1.165, 1.54) is 0 Å². The van der Waals surface area contributed by atoms with Gasteiger partial charge in [0.2, 0.25) is 0 Å². The molecule has 0 aromatic rings. The molecule has 1 saturated heterocycles. The molecule has 0 bridgehead atoms. The molecule has 0 aromatic heterocycles. The predicted octanol–water partition coefficient (Wildman–Crippen LogP) is 1.79. The van der Waals surface area contributed by atoms with Crippen LogP contribution in [-0.2, 0) is 9.84 Å². The van der Waals surface area contributed by atoms with Gasteiger partial charge in [-0.25, -0.2) is 8.42 Å². The average molecular weight is 247 g/mol. The second-order valence-electron chi connectivity index (χ2n) is 5.80. The van der Waals surface area contributed by atoms with Crippen molar-refractivity contribution >= 4 is 9.84 Å². The second-order valence-corrected chi connectivity index (χ2v) is 8.03. The van der Waals surface area contributed by atoms with Crippen molar-refractivity contribution < 1.29 is 8.42 Å². The van der Waals surface area contributed by atoms with E-state index in [0.29, 0.717) is 23.3 Å². The Labute approximate surface area is 100 Å². The van der Waals surface area contributed by atoms with Crippen LogP contribution in [0.1, 0.15) is 34.1 Å². The van der Waals surface area contributed by atoms with Gasteiger partial charge in [0, 0.05) is 19.1 Å².